The second-order valence-electron chi connectivity index (χ2n) is 4.50. The molecule has 5 nitrogen and oxygen atoms in total. The summed E-state index contributed by atoms with van der Waals surface area (Å²) in [4.78, 5) is 11.9. The molecule has 96 valence electrons. The molecule has 2 aromatic rings. The number of rotatable bonds is 3. The fourth-order valence-corrected chi connectivity index (χ4v) is 1.90. The normalized spacial score (nSPS) is 10.7. The summed E-state index contributed by atoms with van der Waals surface area (Å²) in [5.41, 5.74) is 3.29. The fourth-order valence-electron chi connectivity index (χ4n) is 1.90. The Labute approximate surface area is 106 Å². The first-order valence-electron chi connectivity index (χ1n) is 5.82. The van der Waals surface area contributed by atoms with Gasteiger partial charge in [0.05, 0.1) is 6.42 Å². The van der Waals surface area contributed by atoms with Crippen LogP contribution in [0.15, 0.2) is 16.7 Å². The van der Waals surface area contributed by atoms with Crippen LogP contribution in [0.3, 0.4) is 0 Å². The molecular weight excluding hydrogens is 230 g/mol. The average molecular weight is 247 g/mol. The number of nitrogens with zero attached hydrogens (tertiary/aromatic N) is 2. The third kappa shape index (κ3) is 2.45. The number of carbonyl (C=O) groups is 1. The van der Waals surface area contributed by atoms with E-state index in [0.717, 1.165) is 17.0 Å². The molecule has 0 unspecified atom stereocenters. The second-order valence-corrected chi connectivity index (χ2v) is 4.50. The Hall–Kier alpha value is -2.04. The van der Waals surface area contributed by atoms with E-state index in [4.69, 9.17) is 4.52 Å². The number of nitrogens with one attached hydrogen (secondary N) is 1. The number of hydrogen-bond donors (Lipinski definition) is 1. The highest BCUT2D eigenvalue weighted by molar-refractivity contribution is 5.91. The van der Waals surface area contributed by atoms with Gasteiger partial charge in [-0.05, 0) is 32.4 Å². The number of carbonyl (C=O) groups excluding carboxylic acids is 1. The maximum atomic E-state index is 11.9. The number of hydrogen-bond acceptors (Lipinski definition) is 3. The summed E-state index contributed by atoms with van der Waals surface area (Å²) in [7, 11) is 1.99. The summed E-state index contributed by atoms with van der Waals surface area (Å²) in [5.74, 6) is 1.05. The van der Waals surface area contributed by atoms with Gasteiger partial charge in [-0.15, -0.1) is 0 Å². The molecule has 0 fully saturated rings. The lowest BCUT2D eigenvalue weighted by Crippen LogP contribution is -2.15. The van der Waals surface area contributed by atoms with Gasteiger partial charge in [0, 0.05) is 24.5 Å². The topological polar surface area (TPSA) is 60.1 Å². The molecule has 1 N–H and O–H groups in total. The van der Waals surface area contributed by atoms with Crippen molar-refractivity contribution in [1.29, 1.82) is 0 Å². The Bertz CT molecular complexity index is 581. The van der Waals surface area contributed by atoms with Crippen molar-refractivity contribution in [3.8, 4) is 0 Å². The summed E-state index contributed by atoms with van der Waals surface area (Å²) >= 11 is 0. The van der Waals surface area contributed by atoms with Crippen molar-refractivity contribution in [1.82, 2.24) is 9.72 Å². The summed E-state index contributed by atoms with van der Waals surface area (Å²) in [6.45, 7) is 5.82. The Morgan fingerprint density at radius 1 is 1.39 bits per heavy atom. The van der Waals surface area contributed by atoms with Crippen LogP contribution < -0.4 is 5.32 Å². The highest BCUT2D eigenvalue weighted by Crippen LogP contribution is 2.15. The lowest BCUT2D eigenvalue weighted by Gasteiger charge is -2.02. The van der Waals surface area contributed by atoms with Gasteiger partial charge in [-0.3, -0.25) is 4.79 Å². The second kappa shape index (κ2) is 4.68. The minimum Gasteiger partial charge on any atom is -0.360 e. The fraction of sp³-hybridized carbons (Fsp3) is 0.385. The molecule has 2 aromatic heterocycles. The van der Waals surface area contributed by atoms with E-state index in [1.807, 2.05) is 27.0 Å². The van der Waals surface area contributed by atoms with Crippen LogP contribution in [0.5, 0.6) is 0 Å². The molecule has 1 amide bonds. The van der Waals surface area contributed by atoms with Crippen LogP contribution in [-0.2, 0) is 18.3 Å². The molecule has 0 aromatic carbocycles. The Kier molecular flexibility index (Phi) is 3.23. The zero-order chi connectivity index (χ0) is 13.3. The van der Waals surface area contributed by atoms with Gasteiger partial charge >= 0.3 is 0 Å². The van der Waals surface area contributed by atoms with Gasteiger partial charge in [0.25, 0.3) is 0 Å². The number of aromatic nitrogens is 2. The molecule has 0 spiro atoms. The molecule has 2 heterocycles. The monoisotopic (exact) mass is 247 g/mol. The lowest BCUT2D eigenvalue weighted by molar-refractivity contribution is -0.115. The minimum absolute atomic E-state index is 0.0861. The summed E-state index contributed by atoms with van der Waals surface area (Å²) < 4.78 is 6.97. The summed E-state index contributed by atoms with van der Waals surface area (Å²) in [5, 5.41) is 6.44. The van der Waals surface area contributed by atoms with Crippen LogP contribution in [0.1, 0.15) is 22.7 Å². The molecule has 0 saturated carbocycles. The van der Waals surface area contributed by atoms with Gasteiger partial charge < -0.3 is 14.4 Å². The van der Waals surface area contributed by atoms with Crippen molar-refractivity contribution in [3.05, 3.63) is 34.8 Å². The van der Waals surface area contributed by atoms with E-state index in [1.54, 1.807) is 13.0 Å². The van der Waals surface area contributed by atoms with E-state index < -0.39 is 0 Å². The van der Waals surface area contributed by atoms with Gasteiger partial charge in [0.15, 0.2) is 5.82 Å². The number of aryl methyl sites for hydroxylation is 2. The van der Waals surface area contributed by atoms with E-state index in [0.29, 0.717) is 18.0 Å². The van der Waals surface area contributed by atoms with Crippen molar-refractivity contribution in [2.75, 3.05) is 5.32 Å². The van der Waals surface area contributed by atoms with Crippen molar-refractivity contribution in [2.45, 2.75) is 27.2 Å². The van der Waals surface area contributed by atoms with Gasteiger partial charge in [0.2, 0.25) is 5.91 Å². The van der Waals surface area contributed by atoms with Crippen molar-refractivity contribution in [3.63, 3.8) is 0 Å². The van der Waals surface area contributed by atoms with E-state index in [2.05, 4.69) is 15.0 Å². The van der Waals surface area contributed by atoms with Crippen molar-refractivity contribution in [2.24, 2.45) is 7.05 Å². The SMILES string of the molecule is Cc1cc(NC(=O)Cc2cc(C)n(C)c2C)no1. The Balaban J connectivity index is 2.05. The molecule has 0 aliphatic heterocycles. The molecule has 0 aliphatic rings. The Morgan fingerprint density at radius 3 is 2.61 bits per heavy atom. The average Bonchev–Trinajstić information content (AvgIpc) is 2.80. The highest BCUT2D eigenvalue weighted by Gasteiger charge is 2.12. The van der Waals surface area contributed by atoms with Gasteiger partial charge in [-0.2, -0.15) is 0 Å². The highest BCUT2D eigenvalue weighted by atomic mass is 16.5. The third-order valence-corrected chi connectivity index (χ3v) is 3.13. The molecule has 5 heteroatoms. The van der Waals surface area contributed by atoms with E-state index in [1.165, 1.54) is 0 Å². The predicted molar refractivity (Wildman–Crippen MR) is 68.5 cm³/mol. The first-order chi connectivity index (χ1) is 8.47. The maximum Gasteiger partial charge on any atom is 0.230 e. The van der Waals surface area contributed by atoms with E-state index >= 15 is 0 Å². The molecular formula is C13H17N3O2. The van der Waals surface area contributed by atoms with Crippen LogP contribution in [0.2, 0.25) is 0 Å². The summed E-state index contributed by atoms with van der Waals surface area (Å²) in [6.07, 6.45) is 0.347. The zero-order valence-electron chi connectivity index (χ0n) is 11.1. The van der Waals surface area contributed by atoms with Crippen LogP contribution in [-0.4, -0.2) is 15.6 Å². The smallest absolute Gasteiger partial charge is 0.230 e. The molecule has 0 bridgehead atoms. The number of amides is 1. The van der Waals surface area contributed by atoms with Crippen LogP contribution in [0.25, 0.3) is 0 Å². The first-order valence-corrected chi connectivity index (χ1v) is 5.82. The van der Waals surface area contributed by atoms with E-state index in [-0.39, 0.29) is 5.91 Å². The predicted octanol–water partition coefficient (Wildman–Crippen LogP) is 2.12. The molecule has 0 atom stereocenters. The van der Waals surface area contributed by atoms with Gasteiger partial charge in [0.1, 0.15) is 5.76 Å². The first kappa shape index (κ1) is 12.4. The standard InChI is InChI=1S/C13H17N3O2/c1-8-5-11(10(3)16(8)4)7-13(17)14-12-6-9(2)18-15-12/h5-6H,7H2,1-4H3,(H,14,15,17). The zero-order valence-corrected chi connectivity index (χ0v) is 11.1. The molecule has 18 heavy (non-hydrogen) atoms. The quantitative estimate of drug-likeness (QED) is 0.903. The van der Waals surface area contributed by atoms with E-state index in [9.17, 15) is 4.79 Å². The van der Waals surface area contributed by atoms with Crippen LogP contribution in [0, 0.1) is 20.8 Å². The summed E-state index contributed by atoms with van der Waals surface area (Å²) in [6, 6.07) is 3.73. The largest absolute Gasteiger partial charge is 0.360 e. The molecule has 0 saturated heterocycles. The Morgan fingerprint density at radius 2 is 2.11 bits per heavy atom. The van der Waals surface area contributed by atoms with Crippen molar-refractivity contribution < 1.29 is 9.32 Å². The van der Waals surface area contributed by atoms with Gasteiger partial charge in [-0.1, -0.05) is 5.16 Å². The maximum absolute atomic E-state index is 11.9. The minimum atomic E-state index is -0.0861. The molecule has 0 aliphatic carbocycles. The molecule has 2 rings (SSSR count). The third-order valence-electron chi connectivity index (χ3n) is 3.13. The lowest BCUT2D eigenvalue weighted by atomic mass is 10.1. The van der Waals surface area contributed by atoms with Crippen LogP contribution >= 0.6 is 0 Å². The number of anilines is 1. The van der Waals surface area contributed by atoms with Crippen LogP contribution in [0.4, 0.5) is 5.82 Å². The molecule has 0 radical (unpaired) electrons. The van der Waals surface area contributed by atoms with Crippen molar-refractivity contribution >= 4 is 11.7 Å². The van der Waals surface area contributed by atoms with Gasteiger partial charge in [-0.25, -0.2) is 0 Å².